The molecule has 0 atom stereocenters. The third-order valence-corrected chi connectivity index (χ3v) is 4.80. The van der Waals surface area contributed by atoms with Crippen molar-refractivity contribution in [2.24, 2.45) is 7.05 Å². The van der Waals surface area contributed by atoms with Crippen molar-refractivity contribution < 1.29 is 4.79 Å². The van der Waals surface area contributed by atoms with Gasteiger partial charge in [0.15, 0.2) is 0 Å². The Morgan fingerprint density at radius 1 is 1.04 bits per heavy atom. The number of aromatic nitrogens is 4. The van der Waals surface area contributed by atoms with E-state index in [-0.39, 0.29) is 5.91 Å². The van der Waals surface area contributed by atoms with Gasteiger partial charge in [-0.15, -0.1) is 0 Å². The molecule has 0 fully saturated rings. The number of benzene rings is 2. The molecule has 0 saturated carbocycles. The minimum atomic E-state index is -0.192. The first kappa shape index (κ1) is 17.0. The number of nitrogens with one attached hydrogen (secondary N) is 1. The zero-order valence-electron chi connectivity index (χ0n) is 15.6. The number of carbonyl (C=O) groups excluding carboxylic acids is 1. The van der Waals surface area contributed by atoms with Crippen molar-refractivity contribution in [3.8, 4) is 0 Å². The van der Waals surface area contributed by atoms with E-state index < -0.39 is 0 Å². The van der Waals surface area contributed by atoms with Gasteiger partial charge in [-0.1, -0.05) is 42.5 Å². The standard InChI is InChI=1S/C21H21N5O/c1-14-19(15(2)25(3)24-14)20(27)23-21-22-17-11-7-8-12-18(17)26(21)13-16-9-5-4-6-10-16/h4-12H,13H2,1-3H3,(H,22,23,27). The van der Waals surface area contributed by atoms with Crippen LogP contribution in [0.25, 0.3) is 11.0 Å². The first-order chi connectivity index (χ1) is 13.0. The zero-order chi connectivity index (χ0) is 19.0. The van der Waals surface area contributed by atoms with Gasteiger partial charge in [-0.25, -0.2) is 4.98 Å². The summed E-state index contributed by atoms with van der Waals surface area (Å²) in [5.74, 6) is 0.343. The third kappa shape index (κ3) is 3.10. The summed E-state index contributed by atoms with van der Waals surface area (Å²) in [5, 5.41) is 7.33. The fourth-order valence-corrected chi connectivity index (χ4v) is 3.36. The maximum absolute atomic E-state index is 12.9. The molecule has 1 amide bonds. The predicted molar refractivity (Wildman–Crippen MR) is 106 cm³/mol. The molecule has 2 aromatic carbocycles. The Morgan fingerprint density at radius 2 is 1.74 bits per heavy atom. The van der Waals surface area contributed by atoms with Gasteiger partial charge < -0.3 is 4.57 Å². The highest BCUT2D eigenvalue weighted by Gasteiger charge is 2.20. The number of nitrogens with zero attached hydrogens (tertiary/aromatic N) is 4. The molecule has 0 unspecified atom stereocenters. The fraction of sp³-hybridized carbons (Fsp3) is 0.190. The highest BCUT2D eigenvalue weighted by Crippen LogP contribution is 2.22. The lowest BCUT2D eigenvalue weighted by molar-refractivity contribution is 0.102. The Bertz CT molecular complexity index is 1120. The van der Waals surface area contributed by atoms with E-state index in [0.717, 1.165) is 22.3 Å². The van der Waals surface area contributed by atoms with Gasteiger partial charge in [-0.3, -0.25) is 14.8 Å². The average molecular weight is 359 g/mol. The highest BCUT2D eigenvalue weighted by molar-refractivity contribution is 6.05. The molecule has 0 bridgehead atoms. The second-order valence-corrected chi connectivity index (χ2v) is 6.62. The number of imidazole rings is 1. The molecule has 0 radical (unpaired) electrons. The van der Waals surface area contributed by atoms with Gasteiger partial charge in [0.2, 0.25) is 5.95 Å². The van der Waals surface area contributed by atoms with Crippen LogP contribution in [0.1, 0.15) is 27.3 Å². The van der Waals surface area contributed by atoms with E-state index in [1.807, 2.05) is 67.9 Å². The summed E-state index contributed by atoms with van der Waals surface area (Å²) in [6.45, 7) is 4.36. The number of para-hydroxylation sites is 2. The number of carbonyl (C=O) groups is 1. The van der Waals surface area contributed by atoms with Crippen LogP contribution in [0.5, 0.6) is 0 Å². The number of hydrogen-bond donors (Lipinski definition) is 1. The smallest absolute Gasteiger partial charge is 0.261 e. The van der Waals surface area contributed by atoms with Crippen molar-refractivity contribution in [1.29, 1.82) is 0 Å². The number of rotatable bonds is 4. The van der Waals surface area contributed by atoms with Crippen LogP contribution >= 0.6 is 0 Å². The Labute approximate surface area is 157 Å². The van der Waals surface area contributed by atoms with E-state index in [4.69, 9.17) is 0 Å². The summed E-state index contributed by atoms with van der Waals surface area (Å²) in [4.78, 5) is 17.6. The number of aryl methyl sites for hydroxylation is 2. The largest absolute Gasteiger partial charge is 0.305 e. The fourth-order valence-electron chi connectivity index (χ4n) is 3.36. The number of anilines is 1. The molecule has 0 aliphatic rings. The van der Waals surface area contributed by atoms with Crippen LogP contribution in [0.4, 0.5) is 5.95 Å². The van der Waals surface area contributed by atoms with Crippen molar-refractivity contribution in [3.63, 3.8) is 0 Å². The van der Waals surface area contributed by atoms with Crippen LogP contribution < -0.4 is 5.32 Å². The lowest BCUT2D eigenvalue weighted by Crippen LogP contribution is -2.18. The highest BCUT2D eigenvalue weighted by atomic mass is 16.1. The first-order valence-corrected chi connectivity index (χ1v) is 8.85. The van der Waals surface area contributed by atoms with Gasteiger partial charge in [0.25, 0.3) is 5.91 Å². The molecule has 0 spiro atoms. The number of hydrogen-bond acceptors (Lipinski definition) is 3. The van der Waals surface area contributed by atoms with E-state index in [2.05, 4.69) is 27.5 Å². The molecule has 27 heavy (non-hydrogen) atoms. The van der Waals surface area contributed by atoms with Gasteiger partial charge in [0, 0.05) is 12.7 Å². The van der Waals surface area contributed by atoms with Crippen molar-refractivity contribution in [2.75, 3.05) is 5.32 Å². The first-order valence-electron chi connectivity index (χ1n) is 8.85. The van der Waals surface area contributed by atoms with Gasteiger partial charge in [-0.05, 0) is 31.5 Å². The van der Waals surface area contributed by atoms with E-state index in [9.17, 15) is 4.79 Å². The second-order valence-electron chi connectivity index (χ2n) is 6.62. The molecule has 0 aliphatic heterocycles. The van der Waals surface area contributed by atoms with Crippen LogP contribution in [0.3, 0.4) is 0 Å². The topological polar surface area (TPSA) is 64.7 Å². The van der Waals surface area contributed by atoms with E-state index in [0.29, 0.717) is 23.8 Å². The molecule has 4 aromatic rings. The van der Waals surface area contributed by atoms with Crippen molar-refractivity contribution in [1.82, 2.24) is 19.3 Å². The van der Waals surface area contributed by atoms with Crippen molar-refractivity contribution in [2.45, 2.75) is 20.4 Å². The quantitative estimate of drug-likeness (QED) is 0.604. The van der Waals surface area contributed by atoms with Gasteiger partial charge in [-0.2, -0.15) is 5.10 Å². The maximum Gasteiger partial charge on any atom is 0.261 e. The lowest BCUT2D eigenvalue weighted by atomic mass is 10.2. The lowest BCUT2D eigenvalue weighted by Gasteiger charge is -2.10. The zero-order valence-corrected chi connectivity index (χ0v) is 15.6. The minimum absolute atomic E-state index is 0.192. The van der Waals surface area contributed by atoms with Crippen molar-refractivity contribution in [3.05, 3.63) is 77.1 Å². The maximum atomic E-state index is 12.9. The number of amides is 1. The molecule has 2 heterocycles. The molecule has 4 rings (SSSR count). The molecule has 1 N–H and O–H groups in total. The SMILES string of the molecule is Cc1nn(C)c(C)c1C(=O)Nc1nc2ccccc2n1Cc1ccccc1. The molecule has 6 heteroatoms. The van der Waals surface area contributed by atoms with E-state index in [1.165, 1.54) is 0 Å². The summed E-state index contributed by atoms with van der Waals surface area (Å²) in [5.41, 5.74) is 5.11. The Balaban J connectivity index is 1.75. The van der Waals surface area contributed by atoms with Crippen LogP contribution in [0, 0.1) is 13.8 Å². The van der Waals surface area contributed by atoms with Crippen LogP contribution in [-0.4, -0.2) is 25.2 Å². The number of fused-ring (bicyclic) bond motifs is 1. The monoisotopic (exact) mass is 359 g/mol. The van der Waals surface area contributed by atoms with Gasteiger partial charge in [0.1, 0.15) is 0 Å². The van der Waals surface area contributed by atoms with Crippen molar-refractivity contribution >= 4 is 22.9 Å². The van der Waals surface area contributed by atoms with Crippen LogP contribution in [0.2, 0.25) is 0 Å². The molecule has 2 aromatic heterocycles. The Morgan fingerprint density at radius 3 is 2.44 bits per heavy atom. The van der Waals surface area contributed by atoms with Crippen LogP contribution in [-0.2, 0) is 13.6 Å². The summed E-state index contributed by atoms with van der Waals surface area (Å²) in [7, 11) is 1.84. The molecule has 6 nitrogen and oxygen atoms in total. The predicted octanol–water partition coefficient (Wildman–Crippen LogP) is 3.69. The summed E-state index contributed by atoms with van der Waals surface area (Å²) in [6, 6.07) is 18.0. The summed E-state index contributed by atoms with van der Waals surface area (Å²) < 4.78 is 3.75. The minimum Gasteiger partial charge on any atom is -0.305 e. The Kier molecular flexibility index (Phi) is 4.24. The van der Waals surface area contributed by atoms with E-state index >= 15 is 0 Å². The summed E-state index contributed by atoms with van der Waals surface area (Å²) in [6.07, 6.45) is 0. The molecule has 0 aliphatic carbocycles. The molecular formula is C21H21N5O. The van der Waals surface area contributed by atoms with Gasteiger partial charge in [0.05, 0.1) is 28.8 Å². The average Bonchev–Trinajstić information content (AvgIpc) is 3.12. The molecule has 0 saturated heterocycles. The molecule has 136 valence electrons. The van der Waals surface area contributed by atoms with E-state index in [1.54, 1.807) is 4.68 Å². The second kappa shape index (κ2) is 6.72. The Hall–Kier alpha value is -3.41. The summed E-state index contributed by atoms with van der Waals surface area (Å²) >= 11 is 0. The molecular weight excluding hydrogens is 338 g/mol. The third-order valence-electron chi connectivity index (χ3n) is 4.80. The normalized spacial score (nSPS) is 11.1. The van der Waals surface area contributed by atoms with Gasteiger partial charge >= 0.3 is 0 Å². The van der Waals surface area contributed by atoms with Crippen LogP contribution in [0.15, 0.2) is 54.6 Å².